The van der Waals surface area contributed by atoms with Crippen molar-refractivity contribution < 1.29 is 14.7 Å². The predicted octanol–water partition coefficient (Wildman–Crippen LogP) is 2.02. The van der Waals surface area contributed by atoms with E-state index in [0.29, 0.717) is 24.6 Å². The Morgan fingerprint density at radius 3 is 2.32 bits per heavy atom. The third-order valence-electron chi connectivity index (χ3n) is 4.41. The Labute approximate surface area is 162 Å². The van der Waals surface area contributed by atoms with E-state index < -0.39 is 17.8 Å². The summed E-state index contributed by atoms with van der Waals surface area (Å²) in [6.45, 7) is 2.57. The van der Waals surface area contributed by atoms with Crippen LogP contribution in [0.25, 0.3) is 0 Å². The second-order valence-corrected chi connectivity index (χ2v) is 6.25. The maximum Gasteiger partial charge on any atom is 0.316 e. The Balaban J connectivity index is 1.81. The molecule has 3 aromatic rings. The molecule has 1 aromatic heterocycles. The van der Waals surface area contributed by atoms with Crippen molar-refractivity contribution in [3.63, 3.8) is 0 Å². The number of carbonyl (C=O) groups is 2. The maximum absolute atomic E-state index is 13.0. The van der Waals surface area contributed by atoms with Gasteiger partial charge in [0.2, 0.25) is 5.91 Å². The molecule has 3 rings (SSSR count). The highest BCUT2D eigenvalue weighted by Gasteiger charge is 2.32. The molecule has 0 saturated carbocycles. The van der Waals surface area contributed by atoms with Crippen LogP contribution in [0.15, 0.2) is 60.7 Å². The molecular formula is C20H21N5O3. The quantitative estimate of drug-likeness (QED) is 0.601. The number of carboxylic acids is 1. The summed E-state index contributed by atoms with van der Waals surface area (Å²) in [6.07, 6.45) is -0.0860. The van der Waals surface area contributed by atoms with Gasteiger partial charge < -0.3 is 10.0 Å². The van der Waals surface area contributed by atoms with Gasteiger partial charge in [-0.1, -0.05) is 48.5 Å². The van der Waals surface area contributed by atoms with Crippen molar-refractivity contribution in [1.82, 2.24) is 20.2 Å². The molecule has 2 aromatic carbocycles. The van der Waals surface area contributed by atoms with Crippen molar-refractivity contribution in [3.8, 4) is 0 Å². The van der Waals surface area contributed by atoms with E-state index >= 15 is 0 Å². The van der Waals surface area contributed by atoms with E-state index in [1.807, 2.05) is 43.3 Å². The van der Waals surface area contributed by atoms with E-state index in [4.69, 9.17) is 0 Å². The van der Waals surface area contributed by atoms with Crippen LogP contribution in [0.1, 0.15) is 18.3 Å². The molecule has 1 heterocycles. The zero-order valence-corrected chi connectivity index (χ0v) is 15.5. The first kappa shape index (κ1) is 19.2. The molecule has 0 fully saturated rings. The number of rotatable bonds is 8. The van der Waals surface area contributed by atoms with Crippen LogP contribution in [0, 0.1) is 5.92 Å². The van der Waals surface area contributed by atoms with Crippen LogP contribution in [-0.2, 0) is 22.6 Å². The summed E-state index contributed by atoms with van der Waals surface area (Å²) < 4.78 is 1.53. The smallest absolute Gasteiger partial charge is 0.316 e. The first-order valence-corrected chi connectivity index (χ1v) is 8.98. The monoisotopic (exact) mass is 379 g/mol. The zero-order valence-electron chi connectivity index (χ0n) is 15.5. The fraction of sp³-hybridized carbons (Fsp3) is 0.250. The van der Waals surface area contributed by atoms with E-state index in [-0.39, 0.29) is 6.42 Å². The molecule has 0 radical (unpaired) electrons. The lowest BCUT2D eigenvalue weighted by molar-refractivity contribution is -0.146. The molecule has 0 bridgehead atoms. The number of aromatic nitrogens is 4. The largest absolute Gasteiger partial charge is 0.481 e. The van der Waals surface area contributed by atoms with Gasteiger partial charge in [0, 0.05) is 18.7 Å². The topological polar surface area (TPSA) is 101 Å². The van der Waals surface area contributed by atoms with Gasteiger partial charge in [0.05, 0.1) is 6.54 Å². The number of hydrogen-bond donors (Lipinski definition) is 1. The lowest BCUT2D eigenvalue weighted by Gasteiger charge is -2.24. The Bertz CT molecular complexity index is 927. The number of tetrazole rings is 1. The number of carboxylic acid groups (broad SMARTS) is 1. The molecule has 1 N–H and O–H groups in total. The molecule has 8 nitrogen and oxygen atoms in total. The number of nitrogens with zero attached hydrogens (tertiary/aromatic N) is 5. The van der Waals surface area contributed by atoms with Gasteiger partial charge >= 0.3 is 5.97 Å². The highest BCUT2D eigenvalue weighted by molar-refractivity contribution is 6.05. The van der Waals surface area contributed by atoms with E-state index in [2.05, 4.69) is 15.5 Å². The lowest BCUT2D eigenvalue weighted by Crippen LogP contribution is -2.41. The second kappa shape index (κ2) is 8.90. The van der Waals surface area contributed by atoms with Crippen LogP contribution in [0.5, 0.6) is 0 Å². The normalized spacial score (nSPS) is 11.8. The van der Waals surface area contributed by atoms with Crippen molar-refractivity contribution >= 4 is 17.6 Å². The summed E-state index contributed by atoms with van der Waals surface area (Å²) in [5, 5.41) is 21.2. The number of hydrogen-bond acceptors (Lipinski definition) is 5. The summed E-state index contributed by atoms with van der Waals surface area (Å²) in [6, 6.07) is 18.6. The Kier molecular flexibility index (Phi) is 6.11. The minimum atomic E-state index is -1.28. The van der Waals surface area contributed by atoms with Gasteiger partial charge in [0.15, 0.2) is 5.82 Å². The van der Waals surface area contributed by atoms with Crippen molar-refractivity contribution in [2.75, 3.05) is 11.4 Å². The van der Waals surface area contributed by atoms with Gasteiger partial charge in [0.1, 0.15) is 5.92 Å². The van der Waals surface area contributed by atoms with Crippen LogP contribution >= 0.6 is 0 Å². The third kappa shape index (κ3) is 4.40. The Hall–Kier alpha value is -3.55. The molecule has 0 saturated heterocycles. The first-order chi connectivity index (χ1) is 13.6. The standard InChI is InChI=1S/C20H21N5O3/c1-2-24(16-11-7-4-8-12-16)19(26)17(20(27)28)13-18-21-22-23-25(18)14-15-9-5-3-6-10-15/h3-12,17H,2,13-14H2,1H3,(H,27,28). The molecule has 1 amide bonds. The van der Waals surface area contributed by atoms with Gasteiger partial charge in [-0.2, -0.15) is 0 Å². The molecule has 1 atom stereocenters. The fourth-order valence-electron chi connectivity index (χ4n) is 2.97. The second-order valence-electron chi connectivity index (χ2n) is 6.25. The van der Waals surface area contributed by atoms with Crippen molar-refractivity contribution in [3.05, 3.63) is 72.1 Å². The minimum absolute atomic E-state index is 0.0860. The van der Waals surface area contributed by atoms with Gasteiger partial charge in [-0.25, -0.2) is 4.68 Å². The number of anilines is 1. The van der Waals surface area contributed by atoms with E-state index in [0.717, 1.165) is 5.56 Å². The highest BCUT2D eigenvalue weighted by Crippen LogP contribution is 2.18. The number of aliphatic carboxylic acids is 1. The maximum atomic E-state index is 13.0. The number of para-hydroxylation sites is 1. The summed E-state index contributed by atoms with van der Waals surface area (Å²) in [4.78, 5) is 26.3. The molecular weight excluding hydrogens is 358 g/mol. The summed E-state index contributed by atoms with van der Waals surface area (Å²) in [7, 11) is 0. The molecule has 0 spiro atoms. The van der Waals surface area contributed by atoms with Crippen molar-refractivity contribution in [2.24, 2.45) is 5.92 Å². The average Bonchev–Trinajstić information content (AvgIpc) is 3.14. The van der Waals surface area contributed by atoms with E-state index in [1.54, 1.807) is 24.3 Å². The number of amides is 1. The van der Waals surface area contributed by atoms with Gasteiger partial charge in [-0.15, -0.1) is 5.10 Å². The zero-order chi connectivity index (χ0) is 19.9. The summed E-state index contributed by atoms with van der Waals surface area (Å²) in [5.41, 5.74) is 1.64. The molecule has 144 valence electrons. The van der Waals surface area contributed by atoms with Crippen molar-refractivity contribution in [1.29, 1.82) is 0 Å². The average molecular weight is 379 g/mol. The molecule has 0 aliphatic carbocycles. The first-order valence-electron chi connectivity index (χ1n) is 8.98. The Morgan fingerprint density at radius 1 is 1.07 bits per heavy atom. The lowest BCUT2D eigenvalue weighted by atomic mass is 10.0. The third-order valence-corrected chi connectivity index (χ3v) is 4.41. The minimum Gasteiger partial charge on any atom is -0.481 e. The number of benzene rings is 2. The van der Waals surface area contributed by atoms with Crippen molar-refractivity contribution in [2.45, 2.75) is 19.9 Å². The van der Waals surface area contributed by atoms with Crippen LogP contribution < -0.4 is 4.90 Å². The summed E-state index contributed by atoms with van der Waals surface area (Å²) in [5.74, 6) is -2.61. The molecule has 8 heteroatoms. The highest BCUT2D eigenvalue weighted by atomic mass is 16.4. The van der Waals surface area contributed by atoms with Crippen LogP contribution in [0.2, 0.25) is 0 Å². The van der Waals surface area contributed by atoms with Crippen LogP contribution in [0.4, 0.5) is 5.69 Å². The van der Waals surface area contributed by atoms with Crippen LogP contribution in [-0.4, -0.2) is 43.7 Å². The van der Waals surface area contributed by atoms with E-state index in [9.17, 15) is 14.7 Å². The molecule has 0 aliphatic heterocycles. The molecule has 1 unspecified atom stereocenters. The SMILES string of the molecule is CCN(C(=O)C(Cc1nnnn1Cc1ccccc1)C(=O)O)c1ccccc1. The predicted molar refractivity (Wildman–Crippen MR) is 103 cm³/mol. The van der Waals surface area contributed by atoms with Gasteiger partial charge in [0.25, 0.3) is 0 Å². The molecule has 28 heavy (non-hydrogen) atoms. The Morgan fingerprint density at radius 2 is 1.71 bits per heavy atom. The summed E-state index contributed by atoms with van der Waals surface area (Å²) >= 11 is 0. The van der Waals surface area contributed by atoms with Gasteiger partial charge in [-0.05, 0) is 35.0 Å². The molecule has 0 aliphatic rings. The number of carbonyl (C=O) groups excluding carboxylic acids is 1. The fourth-order valence-corrected chi connectivity index (χ4v) is 2.97. The van der Waals surface area contributed by atoms with E-state index in [1.165, 1.54) is 9.58 Å². The van der Waals surface area contributed by atoms with Crippen LogP contribution in [0.3, 0.4) is 0 Å². The van der Waals surface area contributed by atoms with Gasteiger partial charge in [-0.3, -0.25) is 9.59 Å².